The standard InChI is InChI=1S/C14H16FNO4/c1-14(20,8-13(18)19)9-16-12(17)7-4-10-2-5-11(15)6-3-10/h2-7,20H,8-9H2,1H3,(H,16,17)(H,18,19). The number of benzene rings is 1. The van der Waals surface area contributed by atoms with E-state index in [4.69, 9.17) is 5.11 Å². The predicted molar refractivity (Wildman–Crippen MR) is 71.3 cm³/mol. The number of aliphatic carboxylic acids is 1. The molecule has 0 aromatic heterocycles. The first-order valence-corrected chi connectivity index (χ1v) is 5.94. The zero-order chi connectivity index (χ0) is 15.2. The number of hydrogen-bond donors (Lipinski definition) is 3. The van der Waals surface area contributed by atoms with E-state index < -0.39 is 23.9 Å². The van der Waals surface area contributed by atoms with Crippen molar-refractivity contribution >= 4 is 18.0 Å². The Bertz CT molecular complexity index is 508. The highest BCUT2D eigenvalue weighted by molar-refractivity contribution is 5.91. The fourth-order valence-electron chi connectivity index (χ4n) is 1.47. The Kier molecular flexibility index (Phi) is 5.40. The van der Waals surface area contributed by atoms with Gasteiger partial charge in [-0.1, -0.05) is 12.1 Å². The summed E-state index contributed by atoms with van der Waals surface area (Å²) in [5.41, 5.74) is -0.857. The van der Waals surface area contributed by atoms with Crippen LogP contribution in [0.4, 0.5) is 4.39 Å². The SMILES string of the molecule is CC(O)(CNC(=O)C=Cc1ccc(F)cc1)CC(=O)O. The Morgan fingerprint density at radius 3 is 2.50 bits per heavy atom. The van der Waals surface area contributed by atoms with Crippen molar-refractivity contribution in [3.63, 3.8) is 0 Å². The van der Waals surface area contributed by atoms with Gasteiger partial charge in [0.25, 0.3) is 0 Å². The first-order chi connectivity index (χ1) is 9.28. The van der Waals surface area contributed by atoms with E-state index in [0.29, 0.717) is 5.56 Å². The van der Waals surface area contributed by atoms with Crippen LogP contribution < -0.4 is 5.32 Å². The Morgan fingerprint density at radius 1 is 1.35 bits per heavy atom. The summed E-state index contributed by atoms with van der Waals surface area (Å²) in [6.07, 6.45) is 2.25. The Morgan fingerprint density at radius 2 is 1.95 bits per heavy atom. The fraction of sp³-hybridized carbons (Fsp3) is 0.286. The zero-order valence-electron chi connectivity index (χ0n) is 11.0. The molecule has 1 aromatic rings. The maximum absolute atomic E-state index is 12.7. The highest BCUT2D eigenvalue weighted by Gasteiger charge is 2.24. The minimum atomic E-state index is -1.51. The summed E-state index contributed by atoms with van der Waals surface area (Å²) in [5.74, 6) is -1.98. The summed E-state index contributed by atoms with van der Waals surface area (Å²) in [6, 6.07) is 5.57. The third-order valence-electron chi connectivity index (χ3n) is 2.47. The Hall–Kier alpha value is -2.21. The third-order valence-corrected chi connectivity index (χ3v) is 2.47. The zero-order valence-corrected chi connectivity index (χ0v) is 11.0. The summed E-state index contributed by atoms with van der Waals surface area (Å²) in [4.78, 5) is 22.0. The first kappa shape index (κ1) is 15.8. The van der Waals surface area contributed by atoms with Gasteiger partial charge in [-0.05, 0) is 30.7 Å². The molecular formula is C14H16FNO4. The number of aliphatic hydroxyl groups is 1. The van der Waals surface area contributed by atoms with Gasteiger partial charge in [-0.25, -0.2) is 4.39 Å². The molecule has 1 amide bonds. The lowest BCUT2D eigenvalue weighted by Gasteiger charge is -2.20. The molecule has 0 saturated carbocycles. The molecule has 108 valence electrons. The maximum Gasteiger partial charge on any atom is 0.306 e. The summed E-state index contributed by atoms with van der Waals surface area (Å²) in [6.45, 7) is 1.15. The van der Waals surface area contributed by atoms with Crippen LogP contribution in [0.5, 0.6) is 0 Å². The van der Waals surface area contributed by atoms with Gasteiger partial charge in [0.2, 0.25) is 5.91 Å². The van der Waals surface area contributed by atoms with E-state index in [2.05, 4.69) is 5.32 Å². The molecule has 0 heterocycles. The number of amides is 1. The molecule has 0 spiro atoms. The monoisotopic (exact) mass is 281 g/mol. The largest absolute Gasteiger partial charge is 0.481 e. The van der Waals surface area contributed by atoms with Gasteiger partial charge in [0.05, 0.1) is 12.0 Å². The average Bonchev–Trinajstić information content (AvgIpc) is 2.34. The lowest BCUT2D eigenvalue weighted by atomic mass is 10.0. The van der Waals surface area contributed by atoms with Crippen molar-refractivity contribution in [1.29, 1.82) is 0 Å². The molecule has 0 fully saturated rings. The minimum Gasteiger partial charge on any atom is -0.481 e. The van der Waals surface area contributed by atoms with Gasteiger partial charge in [-0.15, -0.1) is 0 Å². The van der Waals surface area contributed by atoms with Gasteiger partial charge in [-0.2, -0.15) is 0 Å². The second-order valence-corrected chi connectivity index (χ2v) is 4.67. The quantitative estimate of drug-likeness (QED) is 0.683. The van der Waals surface area contributed by atoms with Crippen LogP contribution in [0.3, 0.4) is 0 Å². The second kappa shape index (κ2) is 6.81. The molecule has 3 N–H and O–H groups in total. The highest BCUT2D eigenvalue weighted by atomic mass is 19.1. The van der Waals surface area contributed by atoms with E-state index in [0.717, 1.165) is 0 Å². The van der Waals surface area contributed by atoms with Gasteiger partial charge < -0.3 is 15.5 Å². The van der Waals surface area contributed by atoms with Crippen LogP contribution >= 0.6 is 0 Å². The number of rotatable bonds is 6. The lowest BCUT2D eigenvalue weighted by Crippen LogP contribution is -2.41. The topological polar surface area (TPSA) is 86.6 Å². The lowest BCUT2D eigenvalue weighted by molar-refractivity contribution is -0.142. The van der Waals surface area contributed by atoms with E-state index in [1.807, 2.05) is 0 Å². The predicted octanol–water partition coefficient (Wildman–Crippen LogP) is 1.18. The maximum atomic E-state index is 12.7. The summed E-state index contributed by atoms with van der Waals surface area (Å²) in [7, 11) is 0. The molecule has 1 rings (SSSR count). The van der Waals surface area contributed by atoms with Crippen molar-refractivity contribution in [3.8, 4) is 0 Å². The van der Waals surface area contributed by atoms with Gasteiger partial charge in [0.15, 0.2) is 0 Å². The van der Waals surface area contributed by atoms with Crippen LogP contribution in [0, 0.1) is 5.82 Å². The number of carboxylic acids is 1. The molecule has 1 unspecified atom stereocenters. The van der Waals surface area contributed by atoms with E-state index in [1.54, 1.807) is 0 Å². The molecule has 20 heavy (non-hydrogen) atoms. The van der Waals surface area contributed by atoms with Gasteiger partial charge in [-0.3, -0.25) is 9.59 Å². The third kappa shape index (κ3) is 6.10. The number of carbonyl (C=O) groups excluding carboxylic acids is 1. The Balaban J connectivity index is 2.47. The fourth-order valence-corrected chi connectivity index (χ4v) is 1.47. The number of carboxylic acid groups (broad SMARTS) is 1. The van der Waals surface area contributed by atoms with Crippen LogP contribution in [0.1, 0.15) is 18.9 Å². The van der Waals surface area contributed by atoms with Gasteiger partial charge in [0.1, 0.15) is 5.82 Å². The smallest absolute Gasteiger partial charge is 0.306 e. The molecule has 0 aliphatic carbocycles. The van der Waals surface area contributed by atoms with E-state index in [-0.39, 0.29) is 12.4 Å². The molecule has 0 bridgehead atoms. The van der Waals surface area contributed by atoms with Crippen molar-refractivity contribution < 1.29 is 24.2 Å². The number of nitrogens with one attached hydrogen (secondary N) is 1. The van der Waals surface area contributed by atoms with Crippen LogP contribution in [-0.2, 0) is 9.59 Å². The first-order valence-electron chi connectivity index (χ1n) is 5.94. The van der Waals surface area contributed by atoms with Crippen molar-refractivity contribution in [2.75, 3.05) is 6.54 Å². The van der Waals surface area contributed by atoms with Crippen LogP contribution in [0.25, 0.3) is 6.08 Å². The van der Waals surface area contributed by atoms with Crippen LogP contribution in [-0.4, -0.2) is 34.2 Å². The van der Waals surface area contributed by atoms with Crippen molar-refractivity contribution in [2.45, 2.75) is 18.9 Å². The molecule has 0 aliphatic heterocycles. The second-order valence-electron chi connectivity index (χ2n) is 4.67. The molecule has 0 aliphatic rings. The van der Waals surface area contributed by atoms with Crippen molar-refractivity contribution in [3.05, 3.63) is 41.7 Å². The van der Waals surface area contributed by atoms with Crippen LogP contribution in [0.2, 0.25) is 0 Å². The van der Waals surface area contributed by atoms with Crippen molar-refractivity contribution in [1.82, 2.24) is 5.32 Å². The molecule has 6 heteroatoms. The molecule has 1 atom stereocenters. The molecule has 0 saturated heterocycles. The Labute approximate surface area is 115 Å². The molecule has 5 nitrogen and oxygen atoms in total. The molecule has 0 radical (unpaired) electrons. The normalized spacial score (nSPS) is 13.9. The van der Waals surface area contributed by atoms with E-state index in [1.165, 1.54) is 43.3 Å². The highest BCUT2D eigenvalue weighted by Crippen LogP contribution is 2.07. The van der Waals surface area contributed by atoms with Gasteiger partial charge in [0, 0.05) is 12.6 Å². The number of carbonyl (C=O) groups is 2. The number of halogens is 1. The summed E-state index contributed by atoms with van der Waals surface area (Å²) >= 11 is 0. The number of hydrogen-bond acceptors (Lipinski definition) is 3. The average molecular weight is 281 g/mol. The molecule has 1 aromatic carbocycles. The van der Waals surface area contributed by atoms with E-state index >= 15 is 0 Å². The summed E-state index contributed by atoms with van der Waals surface area (Å²) < 4.78 is 12.7. The minimum absolute atomic E-state index is 0.175. The van der Waals surface area contributed by atoms with Crippen molar-refractivity contribution in [2.24, 2.45) is 0 Å². The van der Waals surface area contributed by atoms with Gasteiger partial charge >= 0.3 is 5.97 Å². The van der Waals surface area contributed by atoms with E-state index in [9.17, 15) is 19.1 Å². The van der Waals surface area contributed by atoms with Crippen LogP contribution in [0.15, 0.2) is 30.3 Å². The summed E-state index contributed by atoms with van der Waals surface area (Å²) in [5, 5.41) is 20.7. The molecular weight excluding hydrogens is 265 g/mol.